The van der Waals surface area contributed by atoms with Crippen molar-refractivity contribution in [2.75, 3.05) is 6.61 Å². The van der Waals surface area contributed by atoms with Crippen molar-refractivity contribution in [1.29, 1.82) is 0 Å². The monoisotopic (exact) mass is 342 g/mol. The lowest BCUT2D eigenvalue weighted by molar-refractivity contribution is -0.115. The molecule has 0 bridgehead atoms. The Hall–Kier alpha value is -2.60. The maximum Gasteiger partial charge on any atom is 0.264 e. The van der Waals surface area contributed by atoms with Gasteiger partial charge >= 0.3 is 0 Å². The van der Waals surface area contributed by atoms with Crippen LogP contribution < -0.4 is 10.1 Å². The fraction of sp³-hybridized carbons (Fsp3) is 0.111. The highest BCUT2D eigenvalue weighted by molar-refractivity contribution is 8.18. The summed E-state index contributed by atoms with van der Waals surface area (Å²) in [4.78, 5) is 16.8. The average molecular weight is 342 g/mol. The lowest BCUT2D eigenvalue weighted by atomic mass is 10.2. The number of aliphatic imine (C=N–C) groups is 1. The predicted molar refractivity (Wildman–Crippen MR) is 94.8 cm³/mol. The molecule has 0 radical (unpaired) electrons. The van der Waals surface area contributed by atoms with E-state index in [2.05, 4.69) is 10.3 Å². The van der Waals surface area contributed by atoms with Crippen molar-refractivity contribution in [1.82, 2.24) is 5.32 Å². The molecule has 2 aromatic rings. The van der Waals surface area contributed by atoms with Gasteiger partial charge in [-0.15, -0.1) is 0 Å². The maximum absolute atomic E-state index is 13.7. The van der Waals surface area contributed by atoms with Crippen LogP contribution in [0.2, 0.25) is 0 Å². The highest BCUT2D eigenvalue weighted by Gasteiger charge is 2.24. The second-order valence-corrected chi connectivity index (χ2v) is 5.96. The highest BCUT2D eigenvalue weighted by Crippen LogP contribution is 2.29. The summed E-state index contributed by atoms with van der Waals surface area (Å²) in [5.41, 5.74) is 1.07. The number of hydrogen-bond donors (Lipinski definition) is 1. The van der Waals surface area contributed by atoms with Crippen molar-refractivity contribution in [3.63, 3.8) is 0 Å². The molecule has 1 aliphatic rings. The fourth-order valence-corrected chi connectivity index (χ4v) is 2.95. The molecule has 122 valence electrons. The van der Waals surface area contributed by atoms with Gasteiger partial charge in [-0.3, -0.25) is 4.79 Å². The Balaban J connectivity index is 1.78. The van der Waals surface area contributed by atoms with E-state index in [9.17, 15) is 9.18 Å². The summed E-state index contributed by atoms with van der Waals surface area (Å²) in [5.74, 6) is 0.118. The molecule has 0 aliphatic carbocycles. The number of rotatable bonds is 4. The molecule has 1 aliphatic heterocycles. The number of ether oxygens (including phenoxy) is 1. The molecule has 1 heterocycles. The van der Waals surface area contributed by atoms with Gasteiger partial charge in [0.25, 0.3) is 5.91 Å². The van der Waals surface area contributed by atoms with E-state index >= 15 is 0 Å². The Morgan fingerprint density at radius 2 is 1.96 bits per heavy atom. The van der Waals surface area contributed by atoms with Gasteiger partial charge in [-0.1, -0.05) is 18.2 Å². The third-order valence-electron chi connectivity index (χ3n) is 3.22. The molecule has 1 amide bonds. The van der Waals surface area contributed by atoms with E-state index in [0.29, 0.717) is 27.9 Å². The molecule has 6 heteroatoms. The first-order chi connectivity index (χ1) is 11.7. The number of nitrogens with one attached hydrogen (secondary N) is 1. The number of benzene rings is 2. The average Bonchev–Trinajstić information content (AvgIpc) is 2.91. The van der Waals surface area contributed by atoms with Gasteiger partial charge in [-0.25, -0.2) is 9.38 Å². The van der Waals surface area contributed by atoms with E-state index in [4.69, 9.17) is 4.74 Å². The Morgan fingerprint density at radius 1 is 1.21 bits per heavy atom. The molecular formula is C18H15FN2O2S. The molecule has 0 spiro atoms. The molecule has 0 atom stereocenters. The Kier molecular flexibility index (Phi) is 4.96. The molecule has 0 aromatic heterocycles. The summed E-state index contributed by atoms with van der Waals surface area (Å²) in [6, 6.07) is 13.6. The number of carbonyl (C=O) groups excluding carboxylic acids is 1. The number of halogens is 1. The first-order valence-electron chi connectivity index (χ1n) is 7.42. The number of carbonyl (C=O) groups is 1. The molecule has 1 N–H and O–H groups in total. The van der Waals surface area contributed by atoms with Gasteiger partial charge in [0.1, 0.15) is 11.6 Å². The molecule has 0 saturated carbocycles. The zero-order valence-corrected chi connectivity index (χ0v) is 13.8. The molecule has 0 unspecified atom stereocenters. The minimum atomic E-state index is -0.365. The first-order valence-corrected chi connectivity index (χ1v) is 8.24. The van der Waals surface area contributed by atoms with Crippen LogP contribution in [0.5, 0.6) is 5.75 Å². The molecule has 4 nitrogen and oxygen atoms in total. The van der Waals surface area contributed by atoms with Gasteiger partial charge in [0.15, 0.2) is 5.17 Å². The van der Waals surface area contributed by atoms with Crippen LogP contribution in [-0.2, 0) is 4.79 Å². The number of nitrogens with zero attached hydrogens (tertiary/aromatic N) is 1. The molecule has 3 rings (SSSR count). The standard InChI is InChI=1S/C18H15FN2O2S/c1-2-23-14-9-7-13(8-10-14)20-18-21-17(22)16(24-18)11-12-5-3-4-6-15(12)19/h3-11H,2H2,1H3,(H,20,21,22)/b16-11+. The zero-order chi connectivity index (χ0) is 16.9. The van der Waals surface area contributed by atoms with Gasteiger partial charge in [0, 0.05) is 5.56 Å². The van der Waals surface area contributed by atoms with Crippen LogP contribution in [-0.4, -0.2) is 17.7 Å². The van der Waals surface area contributed by atoms with E-state index in [1.54, 1.807) is 18.2 Å². The minimum Gasteiger partial charge on any atom is -0.494 e. The number of thioether (sulfide) groups is 1. The van der Waals surface area contributed by atoms with Crippen LogP contribution in [0.15, 0.2) is 58.4 Å². The third-order valence-corrected chi connectivity index (χ3v) is 4.13. The number of hydrogen-bond acceptors (Lipinski definition) is 4. The number of amidine groups is 1. The summed E-state index contributed by atoms with van der Waals surface area (Å²) >= 11 is 1.18. The van der Waals surface area contributed by atoms with Gasteiger partial charge < -0.3 is 10.1 Å². The quantitative estimate of drug-likeness (QED) is 0.851. The van der Waals surface area contributed by atoms with Crippen LogP contribution in [0.4, 0.5) is 10.1 Å². The molecule has 1 fully saturated rings. The van der Waals surface area contributed by atoms with E-state index in [1.807, 2.05) is 31.2 Å². The van der Waals surface area contributed by atoms with Crippen molar-refractivity contribution >= 4 is 34.6 Å². The van der Waals surface area contributed by atoms with Crippen LogP contribution >= 0.6 is 11.8 Å². The smallest absolute Gasteiger partial charge is 0.264 e. The third kappa shape index (κ3) is 3.83. The van der Waals surface area contributed by atoms with E-state index in [1.165, 1.54) is 23.9 Å². The summed E-state index contributed by atoms with van der Waals surface area (Å²) in [7, 11) is 0. The predicted octanol–water partition coefficient (Wildman–Crippen LogP) is 4.12. The summed E-state index contributed by atoms with van der Waals surface area (Å²) in [6.45, 7) is 2.52. The second kappa shape index (κ2) is 7.31. The topological polar surface area (TPSA) is 50.7 Å². The SMILES string of the molecule is CCOc1ccc(N=C2NC(=O)/C(=C\c3ccccc3F)S2)cc1. The van der Waals surface area contributed by atoms with Crippen LogP contribution in [0, 0.1) is 5.82 Å². The van der Waals surface area contributed by atoms with E-state index in [-0.39, 0.29) is 11.7 Å². The zero-order valence-electron chi connectivity index (χ0n) is 13.0. The van der Waals surface area contributed by atoms with Crippen molar-refractivity contribution in [3.05, 3.63) is 64.8 Å². The van der Waals surface area contributed by atoms with Crippen LogP contribution in [0.25, 0.3) is 6.08 Å². The largest absolute Gasteiger partial charge is 0.494 e. The van der Waals surface area contributed by atoms with Gasteiger partial charge in [0.2, 0.25) is 0 Å². The minimum absolute atomic E-state index is 0.284. The van der Waals surface area contributed by atoms with Gasteiger partial charge in [0.05, 0.1) is 17.2 Å². The Labute approximate surface area is 143 Å². The summed E-state index contributed by atoms with van der Waals surface area (Å²) in [5, 5.41) is 3.15. The normalized spacial score (nSPS) is 17.3. The maximum atomic E-state index is 13.7. The molecule has 24 heavy (non-hydrogen) atoms. The van der Waals surface area contributed by atoms with E-state index in [0.717, 1.165) is 5.75 Å². The van der Waals surface area contributed by atoms with Crippen molar-refractivity contribution in [2.24, 2.45) is 4.99 Å². The Bertz CT molecular complexity index is 816. The first kappa shape index (κ1) is 16.3. The fourth-order valence-electron chi connectivity index (χ4n) is 2.11. The summed E-state index contributed by atoms with van der Waals surface area (Å²) in [6.07, 6.45) is 1.52. The number of amides is 1. The molecular weight excluding hydrogens is 327 g/mol. The molecule has 1 saturated heterocycles. The highest BCUT2D eigenvalue weighted by atomic mass is 32.2. The van der Waals surface area contributed by atoms with Crippen molar-refractivity contribution in [3.8, 4) is 5.75 Å². The van der Waals surface area contributed by atoms with E-state index < -0.39 is 0 Å². The van der Waals surface area contributed by atoms with Crippen LogP contribution in [0.1, 0.15) is 12.5 Å². The lowest BCUT2D eigenvalue weighted by Gasteiger charge is -2.02. The van der Waals surface area contributed by atoms with Crippen molar-refractivity contribution in [2.45, 2.75) is 6.92 Å². The van der Waals surface area contributed by atoms with Gasteiger partial charge in [-0.05, 0) is 55.1 Å². The second-order valence-electron chi connectivity index (χ2n) is 4.93. The lowest BCUT2D eigenvalue weighted by Crippen LogP contribution is -2.19. The van der Waals surface area contributed by atoms with Gasteiger partial charge in [-0.2, -0.15) is 0 Å². The summed E-state index contributed by atoms with van der Waals surface area (Å²) < 4.78 is 19.1. The van der Waals surface area contributed by atoms with Crippen molar-refractivity contribution < 1.29 is 13.9 Å². The Morgan fingerprint density at radius 3 is 2.67 bits per heavy atom. The molecule has 2 aromatic carbocycles. The van der Waals surface area contributed by atoms with Crippen LogP contribution in [0.3, 0.4) is 0 Å².